The van der Waals surface area contributed by atoms with Crippen molar-refractivity contribution in [3.05, 3.63) is 49.4 Å². The minimum atomic E-state index is 0.748. The number of anilines is 1. The summed E-state index contributed by atoms with van der Waals surface area (Å²) in [6.45, 7) is 2.12. The first-order valence-corrected chi connectivity index (χ1v) is 7.98. The van der Waals surface area contributed by atoms with Gasteiger partial charge in [0, 0.05) is 17.9 Å². The Kier molecular flexibility index (Phi) is 5.15. The van der Waals surface area contributed by atoms with Crippen LogP contribution in [0, 0.1) is 3.57 Å². The SMILES string of the molecule is CCc1nc(Cc2cccc(Br)c2)nc(NC)c1I. The average molecular weight is 432 g/mol. The smallest absolute Gasteiger partial charge is 0.143 e. The molecule has 0 fully saturated rings. The van der Waals surface area contributed by atoms with Gasteiger partial charge in [-0.3, -0.25) is 0 Å². The molecule has 19 heavy (non-hydrogen) atoms. The molecule has 2 rings (SSSR count). The first-order chi connectivity index (χ1) is 9.13. The quantitative estimate of drug-likeness (QED) is 0.742. The molecule has 0 aliphatic heterocycles. The molecule has 100 valence electrons. The molecule has 1 aromatic carbocycles. The molecule has 2 aromatic rings. The third kappa shape index (κ3) is 3.66. The number of aromatic nitrogens is 2. The maximum absolute atomic E-state index is 4.65. The van der Waals surface area contributed by atoms with E-state index in [1.807, 2.05) is 19.2 Å². The van der Waals surface area contributed by atoms with E-state index in [4.69, 9.17) is 0 Å². The van der Waals surface area contributed by atoms with Gasteiger partial charge in [-0.05, 0) is 46.7 Å². The Hall–Kier alpha value is -0.690. The van der Waals surface area contributed by atoms with Crippen molar-refractivity contribution in [1.29, 1.82) is 0 Å². The minimum Gasteiger partial charge on any atom is -0.372 e. The Morgan fingerprint density at radius 3 is 2.74 bits per heavy atom. The van der Waals surface area contributed by atoms with Crippen molar-refractivity contribution in [3.8, 4) is 0 Å². The number of nitrogens with zero attached hydrogens (tertiary/aromatic N) is 2. The highest BCUT2D eigenvalue weighted by Gasteiger charge is 2.10. The van der Waals surface area contributed by atoms with Crippen molar-refractivity contribution in [2.75, 3.05) is 12.4 Å². The maximum Gasteiger partial charge on any atom is 0.143 e. The molecule has 1 heterocycles. The summed E-state index contributed by atoms with van der Waals surface area (Å²) in [5, 5.41) is 3.14. The highest BCUT2D eigenvalue weighted by atomic mass is 127. The Bertz CT molecular complexity index is 562. The van der Waals surface area contributed by atoms with E-state index in [9.17, 15) is 0 Å². The zero-order chi connectivity index (χ0) is 13.8. The second kappa shape index (κ2) is 6.65. The molecule has 0 saturated heterocycles. The van der Waals surface area contributed by atoms with Gasteiger partial charge in [0.15, 0.2) is 0 Å². The van der Waals surface area contributed by atoms with E-state index in [0.29, 0.717) is 0 Å². The summed E-state index contributed by atoms with van der Waals surface area (Å²) in [7, 11) is 1.90. The highest BCUT2D eigenvalue weighted by Crippen LogP contribution is 2.21. The molecule has 0 atom stereocenters. The summed E-state index contributed by atoms with van der Waals surface area (Å²) in [6.07, 6.45) is 1.67. The Labute approximate surface area is 135 Å². The van der Waals surface area contributed by atoms with Crippen LogP contribution in [0.2, 0.25) is 0 Å². The average Bonchev–Trinajstić information content (AvgIpc) is 2.40. The molecule has 0 unspecified atom stereocenters. The predicted molar refractivity (Wildman–Crippen MR) is 90.6 cm³/mol. The van der Waals surface area contributed by atoms with Gasteiger partial charge in [0.05, 0.1) is 9.26 Å². The molecule has 1 N–H and O–H groups in total. The van der Waals surface area contributed by atoms with E-state index in [0.717, 1.165) is 38.2 Å². The number of rotatable bonds is 4. The van der Waals surface area contributed by atoms with Crippen LogP contribution >= 0.6 is 38.5 Å². The van der Waals surface area contributed by atoms with E-state index in [1.165, 1.54) is 5.56 Å². The summed E-state index contributed by atoms with van der Waals surface area (Å²) in [5.74, 6) is 1.78. The summed E-state index contributed by atoms with van der Waals surface area (Å²) in [5.41, 5.74) is 2.31. The molecule has 1 aromatic heterocycles. The molecule has 0 saturated carbocycles. The van der Waals surface area contributed by atoms with Crippen LogP contribution in [-0.4, -0.2) is 17.0 Å². The fourth-order valence-corrected chi connectivity index (χ4v) is 3.19. The number of benzene rings is 1. The number of hydrogen-bond donors (Lipinski definition) is 1. The summed E-state index contributed by atoms with van der Waals surface area (Å²) in [4.78, 5) is 9.23. The van der Waals surface area contributed by atoms with Crippen LogP contribution in [-0.2, 0) is 12.8 Å². The highest BCUT2D eigenvalue weighted by molar-refractivity contribution is 14.1. The Morgan fingerprint density at radius 2 is 2.11 bits per heavy atom. The van der Waals surface area contributed by atoms with Crippen LogP contribution in [0.5, 0.6) is 0 Å². The van der Waals surface area contributed by atoms with E-state index in [1.54, 1.807) is 0 Å². The minimum absolute atomic E-state index is 0.748. The van der Waals surface area contributed by atoms with Crippen LogP contribution < -0.4 is 5.32 Å². The maximum atomic E-state index is 4.65. The summed E-state index contributed by atoms with van der Waals surface area (Å²) in [6, 6.07) is 8.25. The molecule has 0 spiro atoms. The second-order valence-corrected chi connectivity index (χ2v) is 6.15. The van der Waals surface area contributed by atoms with Gasteiger partial charge < -0.3 is 5.32 Å². The van der Waals surface area contributed by atoms with Crippen molar-refractivity contribution in [3.63, 3.8) is 0 Å². The van der Waals surface area contributed by atoms with E-state index < -0.39 is 0 Å². The fourth-order valence-electron chi connectivity index (χ4n) is 1.85. The fraction of sp³-hybridized carbons (Fsp3) is 0.286. The van der Waals surface area contributed by atoms with Crippen LogP contribution in [0.15, 0.2) is 28.7 Å². The van der Waals surface area contributed by atoms with Gasteiger partial charge in [-0.2, -0.15) is 0 Å². The Balaban J connectivity index is 2.35. The number of nitrogens with one attached hydrogen (secondary N) is 1. The van der Waals surface area contributed by atoms with E-state index in [-0.39, 0.29) is 0 Å². The number of aryl methyl sites for hydroxylation is 1. The molecule has 3 nitrogen and oxygen atoms in total. The largest absolute Gasteiger partial charge is 0.372 e. The third-order valence-corrected chi connectivity index (χ3v) is 4.42. The first-order valence-electron chi connectivity index (χ1n) is 6.11. The van der Waals surface area contributed by atoms with Crippen molar-refractivity contribution in [2.24, 2.45) is 0 Å². The monoisotopic (exact) mass is 431 g/mol. The lowest BCUT2D eigenvalue weighted by Gasteiger charge is -2.10. The first kappa shape index (κ1) is 14.7. The van der Waals surface area contributed by atoms with Crippen molar-refractivity contribution in [1.82, 2.24) is 9.97 Å². The lowest BCUT2D eigenvalue weighted by atomic mass is 10.1. The molecule has 0 amide bonds. The number of hydrogen-bond acceptors (Lipinski definition) is 3. The standard InChI is InChI=1S/C14H15BrIN3/c1-3-11-13(16)14(17-2)19-12(18-11)8-9-5-4-6-10(15)7-9/h4-7H,3,8H2,1-2H3,(H,17,18,19). The van der Waals surface area contributed by atoms with Crippen LogP contribution in [0.4, 0.5) is 5.82 Å². The molecule has 0 bridgehead atoms. The molecule has 5 heteroatoms. The van der Waals surface area contributed by atoms with Gasteiger partial charge in [-0.1, -0.05) is 35.0 Å². The molecular formula is C14H15BrIN3. The summed E-state index contributed by atoms with van der Waals surface area (Å²) >= 11 is 5.79. The topological polar surface area (TPSA) is 37.8 Å². The van der Waals surface area contributed by atoms with Crippen LogP contribution in [0.25, 0.3) is 0 Å². The Morgan fingerprint density at radius 1 is 1.32 bits per heavy atom. The van der Waals surface area contributed by atoms with Crippen molar-refractivity contribution >= 4 is 44.3 Å². The van der Waals surface area contributed by atoms with E-state index >= 15 is 0 Å². The molecule has 0 aliphatic carbocycles. The van der Waals surface area contributed by atoms with Gasteiger partial charge in [-0.15, -0.1) is 0 Å². The third-order valence-electron chi connectivity index (χ3n) is 2.79. The van der Waals surface area contributed by atoms with Crippen molar-refractivity contribution in [2.45, 2.75) is 19.8 Å². The van der Waals surface area contributed by atoms with Gasteiger partial charge in [0.1, 0.15) is 11.6 Å². The molecular weight excluding hydrogens is 417 g/mol. The zero-order valence-corrected chi connectivity index (χ0v) is 14.6. The van der Waals surface area contributed by atoms with Crippen molar-refractivity contribution < 1.29 is 0 Å². The van der Waals surface area contributed by atoms with E-state index in [2.05, 4.69) is 72.9 Å². The van der Waals surface area contributed by atoms with Gasteiger partial charge in [-0.25, -0.2) is 9.97 Å². The normalized spacial score (nSPS) is 10.5. The van der Waals surface area contributed by atoms with Gasteiger partial charge >= 0.3 is 0 Å². The van der Waals surface area contributed by atoms with Crippen LogP contribution in [0.3, 0.4) is 0 Å². The zero-order valence-electron chi connectivity index (χ0n) is 10.9. The predicted octanol–water partition coefficient (Wildman–Crippen LogP) is 4.04. The number of halogens is 2. The van der Waals surface area contributed by atoms with Gasteiger partial charge in [0.2, 0.25) is 0 Å². The summed E-state index contributed by atoms with van der Waals surface area (Å²) < 4.78 is 2.20. The molecule has 0 radical (unpaired) electrons. The lowest BCUT2D eigenvalue weighted by molar-refractivity contribution is 0.897. The van der Waals surface area contributed by atoms with Crippen LogP contribution in [0.1, 0.15) is 24.0 Å². The lowest BCUT2D eigenvalue weighted by Crippen LogP contribution is -2.07. The second-order valence-electron chi connectivity index (χ2n) is 4.16. The molecule has 0 aliphatic rings. The van der Waals surface area contributed by atoms with Gasteiger partial charge in [0.25, 0.3) is 0 Å².